The Bertz CT molecular complexity index is 505. The molecule has 3 rings (SSSR count). The molecule has 1 aromatic rings. The van der Waals surface area contributed by atoms with Gasteiger partial charge in [0, 0.05) is 30.2 Å². The van der Waals surface area contributed by atoms with Crippen LogP contribution in [-0.4, -0.2) is 22.9 Å². The number of nitrogens with zero attached hydrogens (tertiary/aromatic N) is 1. The van der Waals surface area contributed by atoms with E-state index >= 15 is 0 Å². The van der Waals surface area contributed by atoms with Gasteiger partial charge in [-0.3, -0.25) is 9.78 Å². The van der Waals surface area contributed by atoms with Crippen molar-refractivity contribution in [1.29, 1.82) is 0 Å². The lowest BCUT2D eigenvalue weighted by molar-refractivity contribution is -0.116. The third kappa shape index (κ3) is 1.48. The first kappa shape index (κ1) is 10.5. The minimum atomic E-state index is -0.232. The normalized spacial score (nSPS) is 26.0. The molecule has 4 heteroatoms. The molecule has 3 heterocycles. The van der Waals surface area contributed by atoms with Crippen LogP contribution in [-0.2, 0) is 4.79 Å². The number of ketones is 1. The lowest BCUT2D eigenvalue weighted by Crippen LogP contribution is -2.42. The van der Waals surface area contributed by atoms with Gasteiger partial charge in [0.2, 0.25) is 0 Å². The Balaban J connectivity index is 1.94. The molecule has 0 saturated heterocycles. The monoisotopic (exact) mass is 229 g/mol. The van der Waals surface area contributed by atoms with Crippen molar-refractivity contribution in [3.8, 4) is 0 Å². The third-order valence-corrected chi connectivity index (χ3v) is 3.52. The lowest BCUT2D eigenvalue weighted by atomic mass is 10.0. The highest BCUT2D eigenvalue weighted by Crippen LogP contribution is 2.35. The van der Waals surface area contributed by atoms with E-state index < -0.39 is 0 Å². The first-order valence-corrected chi connectivity index (χ1v) is 5.79. The Kier molecular flexibility index (Phi) is 2.10. The van der Waals surface area contributed by atoms with Crippen LogP contribution < -0.4 is 10.6 Å². The minimum Gasteiger partial charge on any atom is -0.373 e. The van der Waals surface area contributed by atoms with Crippen LogP contribution in [0, 0.1) is 0 Å². The largest absolute Gasteiger partial charge is 0.373 e. The van der Waals surface area contributed by atoms with E-state index in [0.29, 0.717) is 6.54 Å². The molecule has 4 nitrogen and oxygen atoms in total. The van der Waals surface area contributed by atoms with Crippen molar-refractivity contribution in [1.82, 2.24) is 15.6 Å². The van der Waals surface area contributed by atoms with E-state index in [0.717, 1.165) is 16.8 Å². The number of pyridine rings is 1. The van der Waals surface area contributed by atoms with E-state index in [1.54, 1.807) is 12.4 Å². The molecule has 0 saturated carbocycles. The molecule has 2 N–H and O–H groups in total. The lowest BCUT2D eigenvalue weighted by Gasteiger charge is -2.25. The zero-order valence-corrected chi connectivity index (χ0v) is 9.95. The molecule has 0 aromatic carbocycles. The Morgan fingerprint density at radius 2 is 2.06 bits per heavy atom. The summed E-state index contributed by atoms with van der Waals surface area (Å²) < 4.78 is 0. The SMILES string of the molecule is CC1(C)NCC2=C1NC(c1ccncc1)C2=O. The molecule has 0 spiro atoms. The number of hydrogen-bond acceptors (Lipinski definition) is 4. The average Bonchev–Trinajstić information content (AvgIpc) is 2.80. The van der Waals surface area contributed by atoms with Crippen molar-refractivity contribution >= 4 is 5.78 Å². The summed E-state index contributed by atoms with van der Waals surface area (Å²) in [6.45, 7) is 4.84. The van der Waals surface area contributed by atoms with Crippen molar-refractivity contribution in [2.75, 3.05) is 6.54 Å². The highest BCUT2D eigenvalue weighted by atomic mass is 16.1. The van der Waals surface area contributed by atoms with Gasteiger partial charge in [0.15, 0.2) is 5.78 Å². The summed E-state index contributed by atoms with van der Waals surface area (Å²) in [5.74, 6) is 0.185. The van der Waals surface area contributed by atoms with Gasteiger partial charge in [-0.15, -0.1) is 0 Å². The van der Waals surface area contributed by atoms with Gasteiger partial charge in [-0.2, -0.15) is 0 Å². The van der Waals surface area contributed by atoms with Crippen molar-refractivity contribution in [2.24, 2.45) is 0 Å². The van der Waals surface area contributed by atoms with E-state index in [2.05, 4.69) is 29.5 Å². The van der Waals surface area contributed by atoms with Crippen LogP contribution in [0.15, 0.2) is 35.8 Å². The molecule has 0 radical (unpaired) electrons. The number of carbonyl (C=O) groups is 1. The number of Topliss-reactive ketones (excluding diaryl/α,β-unsaturated/α-hetero) is 1. The summed E-state index contributed by atoms with van der Waals surface area (Å²) in [5.41, 5.74) is 2.79. The molecule has 0 bridgehead atoms. The van der Waals surface area contributed by atoms with E-state index in [4.69, 9.17) is 0 Å². The molecule has 17 heavy (non-hydrogen) atoms. The second kappa shape index (κ2) is 3.40. The maximum atomic E-state index is 12.3. The second-order valence-corrected chi connectivity index (χ2v) is 5.05. The Morgan fingerprint density at radius 1 is 1.35 bits per heavy atom. The summed E-state index contributed by atoms with van der Waals surface area (Å²) >= 11 is 0. The zero-order chi connectivity index (χ0) is 12.0. The van der Waals surface area contributed by atoms with Crippen molar-refractivity contribution < 1.29 is 4.79 Å². The first-order valence-electron chi connectivity index (χ1n) is 5.79. The number of rotatable bonds is 1. The van der Waals surface area contributed by atoms with E-state index in [1.165, 1.54) is 0 Å². The van der Waals surface area contributed by atoms with Gasteiger partial charge in [0.25, 0.3) is 0 Å². The highest BCUT2D eigenvalue weighted by Gasteiger charge is 2.43. The molecule has 88 valence electrons. The van der Waals surface area contributed by atoms with Gasteiger partial charge >= 0.3 is 0 Å². The molecule has 1 atom stereocenters. The van der Waals surface area contributed by atoms with Crippen LogP contribution in [0.2, 0.25) is 0 Å². The van der Waals surface area contributed by atoms with Crippen molar-refractivity contribution in [3.63, 3.8) is 0 Å². The van der Waals surface area contributed by atoms with Gasteiger partial charge < -0.3 is 10.6 Å². The van der Waals surface area contributed by atoms with Gasteiger partial charge in [-0.1, -0.05) is 0 Å². The summed E-state index contributed by atoms with van der Waals surface area (Å²) in [6, 6.07) is 3.54. The van der Waals surface area contributed by atoms with Crippen LogP contribution in [0.5, 0.6) is 0 Å². The van der Waals surface area contributed by atoms with Gasteiger partial charge in [-0.05, 0) is 31.5 Å². The van der Waals surface area contributed by atoms with Gasteiger partial charge in [0.1, 0.15) is 6.04 Å². The fourth-order valence-corrected chi connectivity index (χ4v) is 2.52. The molecule has 0 amide bonds. The van der Waals surface area contributed by atoms with Crippen molar-refractivity contribution in [2.45, 2.75) is 25.4 Å². The fraction of sp³-hybridized carbons (Fsp3) is 0.385. The maximum absolute atomic E-state index is 12.3. The predicted molar refractivity (Wildman–Crippen MR) is 64.2 cm³/mol. The first-order chi connectivity index (χ1) is 8.09. The Morgan fingerprint density at radius 3 is 2.71 bits per heavy atom. The predicted octanol–water partition coefficient (Wildman–Crippen LogP) is 0.931. The molecular weight excluding hydrogens is 214 g/mol. The molecule has 0 aliphatic carbocycles. The molecule has 0 fully saturated rings. The van der Waals surface area contributed by atoms with Crippen LogP contribution in [0.25, 0.3) is 0 Å². The average molecular weight is 229 g/mol. The number of nitrogens with one attached hydrogen (secondary N) is 2. The van der Waals surface area contributed by atoms with Crippen molar-refractivity contribution in [3.05, 3.63) is 41.4 Å². The summed E-state index contributed by atoms with van der Waals surface area (Å²) in [5, 5.41) is 6.68. The van der Waals surface area contributed by atoms with Gasteiger partial charge in [0.05, 0.1) is 5.54 Å². The minimum absolute atomic E-state index is 0.132. The molecule has 2 aliphatic rings. The maximum Gasteiger partial charge on any atom is 0.188 e. The Labute approximate surface area is 100 Å². The van der Waals surface area contributed by atoms with Crippen LogP contribution >= 0.6 is 0 Å². The summed E-state index contributed by atoms with van der Waals surface area (Å²) in [6.07, 6.45) is 3.44. The quantitative estimate of drug-likeness (QED) is 0.752. The van der Waals surface area contributed by atoms with Gasteiger partial charge in [-0.25, -0.2) is 0 Å². The van der Waals surface area contributed by atoms with Crippen LogP contribution in [0.4, 0.5) is 0 Å². The summed E-state index contributed by atoms with van der Waals surface area (Å²) in [7, 11) is 0. The zero-order valence-electron chi connectivity index (χ0n) is 9.95. The second-order valence-electron chi connectivity index (χ2n) is 5.05. The van der Waals surface area contributed by atoms with E-state index in [1.807, 2.05) is 12.1 Å². The highest BCUT2D eigenvalue weighted by molar-refractivity contribution is 6.04. The molecule has 1 unspecified atom stereocenters. The smallest absolute Gasteiger partial charge is 0.188 e. The summed E-state index contributed by atoms with van der Waals surface area (Å²) in [4.78, 5) is 16.3. The molecular formula is C13H15N3O. The Hall–Kier alpha value is -1.68. The number of aromatic nitrogens is 1. The topological polar surface area (TPSA) is 54.0 Å². The van der Waals surface area contributed by atoms with Crippen LogP contribution in [0.1, 0.15) is 25.5 Å². The third-order valence-electron chi connectivity index (χ3n) is 3.52. The number of hydrogen-bond donors (Lipinski definition) is 2. The van der Waals surface area contributed by atoms with Crippen LogP contribution in [0.3, 0.4) is 0 Å². The number of carbonyl (C=O) groups excluding carboxylic acids is 1. The van der Waals surface area contributed by atoms with E-state index in [9.17, 15) is 4.79 Å². The standard InChI is InChI=1S/C13H15N3O/c1-13(2)12-9(7-15-13)11(17)10(16-12)8-3-5-14-6-4-8/h3-6,10,15-16H,7H2,1-2H3. The fourth-order valence-electron chi connectivity index (χ4n) is 2.52. The molecule has 1 aromatic heterocycles. The molecule has 2 aliphatic heterocycles. The van der Waals surface area contributed by atoms with E-state index in [-0.39, 0.29) is 17.4 Å².